The lowest BCUT2D eigenvalue weighted by Gasteiger charge is -2.01. The van der Waals surface area contributed by atoms with Crippen molar-refractivity contribution in [3.63, 3.8) is 0 Å². The first-order chi connectivity index (χ1) is 6.83. The number of nitrogens with one attached hydrogen (secondary N) is 1. The molecule has 1 aromatic heterocycles. The summed E-state index contributed by atoms with van der Waals surface area (Å²) in [5.41, 5.74) is 0. The van der Waals surface area contributed by atoms with Crippen molar-refractivity contribution in [1.29, 1.82) is 0 Å². The third-order valence-corrected chi connectivity index (χ3v) is 2.81. The van der Waals surface area contributed by atoms with Crippen LogP contribution in [0.2, 0.25) is 0 Å². The zero-order valence-electron chi connectivity index (χ0n) is 8.22. The highest BCUT2D eigenvalue weighted by atomic mass is 35.5. The second kappa shape index (κ2) is 4.08. The highest BCUT2D eigenvalue weighted by Crippen LogP contribution is 2.38. The lowest BCUT2D eigenvalue weighted by Crippen LogP contribution is -2.15. The summed E-state index contributed by atoms with van der Waals surface area (Å²) in [6.45, 7) is 0.617. The van der Waals surface area contributed by atoms with E-state index in [0.717, 1.165) is 5.82 Å². The second-order valence-corrected chi connectivity index (χ2v) is 4.12. The van der Waals surface area contributed by atoms with Gasteiger partial charge in [0.05, 0.1) is 12.1 Å². The van der Waals surface area contributed by atoms with Crippen LogP contribution in [0.3, 0.4) is 0 Å². The van der Waals surface area contributed by atoms with E-state index in [1.165, 1.54) is 12.8 Å². The molecule has 3 rings (SSSR count). The van der Waals surface area contributed by atoms with E-state index in [4.69, 9.17) is 4.52 Å². The van der Waals surface area contributed by atoms with E-state index in [-0.39, 0.29) is 24.6 Å². The quantitative estimate of drug-likeness (QED) is 0.787. The molecule has 5 nitrogen and oxygen atoms in total. The van der Waals surface area contributed by atoms with Gasteiger partial charge in [-0.25, -0.2) is 0 Å². The number of aliphatic hydroxyl groups excluding tert-OH is 1. The molecule has 0 amide bonds. The maximum absolute atomic E-state index is 9.34. The van der Waals surface area contributed by atoms with Crippen LogP contribution >= 0.6 is 12.4 Å². The van der Waals surface area contributed by atoms with E-state index in [1.54, 1.807) is 0 Å². The van der Waals surface area contributed by atoms with Crippen LogP contribution in [0.4, 0.5) is 0 Å². The first kappa shape index (κ1) is 10.9. The van der Waals surface area contributed by atoms with E-state index in [9.17, 15) is 5.11 Å². The normalized spacial score (nSPS) is 30.2. The number of rotatable bonds is 2. The predicted octanol–water partition coefficient (Wildman–Crippen LogP) is 0.764. The summed E-state index contributed by atoms with van der Waals surface area (Å²) in [5, 5.41) is 16.4. The minimum atomic E-state index is -0.281. The summed E-state index contributed by atoms with van der Waals surface area (Å²) >= 11 is 0. The Bertz CT molecular complexity index is 340. The number of nitrogens with zero attached hydrogens (tertiary/aromatic N) is 2. The third-order valence-electron chi connectivity index (χ3n) is 2.81. The van der Waals surface area contributed by atoms with Crippen molar-refractivity contribution in [3.8, 4) is 0 Å². The molecule has 6 heteroatoms. The van der Waals surface area contributed by atoms with Crippen LogP contribution in [-0.4, -0.2) is 27.9 Å². The van der Waals surface area contributed by atoms with Crippen LogP contribution in [0.15, 0.2) is 4.52 Å². The molecule has 1 aliphatic carbocycles. The van der Waals surface area contributed by atoms with Gasteiger partial charge in [-0.3, -0.25) is 0 Å². The number of aromatic nitrogens is 2. The molecule has 2 atom stereocenters. The van der Waals surface area contributed by atoms with E-state index in [2.05, 4.69) is 15.5 Å². The summed E-state index contributed by atoms with van der Waals surface area (Å²) in [5.74, 6) is 1.99. The number of halogens is 1. The molecule has 15 heavy (non-hydrogen) atoms. The van der Waals surface area contributed by atoms with Crippen molar-refractivity contribution in [2.75, 3.05) is 6.54 Å². The highest BCUT2D eigenvalue weighted by molar-refractivity contribution is 5.85. The van der Waals surface area contributed by atoms with Crippen LogP contribution in [0.5, 0.6) is 0 Å². The van der Waals surface area contributed by atoms with Gasteiger partial charge in [0.15, 0.2) is 5.82 Å². The molecule has 1 saturated carbocycles. The Morgan fingerprint density at radius 3 is 2.80 bits per heavy atom. The second-order valence-electron chi connectivity index (χ2n) is 4.12. The molecule has 1 aromatic rings. The maximum atomic E-state index is 9.34. The summed E-state index contributed by atoms with van der Waals surface area (Å²) in [4.78, 5) is 4.34. The Morgan fingerprint density at radius 1 is 1.40 bits per heavy atom. The first-order valence-electron chi connectivity index (χ1n) is 5.08. The molecule has 2 fully saturated rings. The largest absolute Gasteiger partial charge is 0.392 e. The van der Waals surface area contributed by atoms with Crippen molar-refractivity contribution in [2.24, 2.45) is 0 Å². The van der Waals surface area contributed by atoms with Crippen molar-refractivity contribution < 1.29 is 9.63 Å². The molecule has 1 saturated heterocycles. The molecule has 2 unspecified atom stereocenters. The maximum Gasteiger partial charge on any atom is 0.243 e. The van der Waals surface area contributed by atoms with Crippen molar-refractivity contribution in [2.45, 2.75) is 37.3 Å². The Kier molecular flexibility index (Phi) is 2.95. The van der Waals surface area contributed by atoms with Crippen LogP contribution < -0.4 is 5.32 Å². The van der Waals surface area contributed by atoms with Crippen molar-refractivity contribution in [3.05, 3.63) is 11.7 Å². The van der Waals surface area contributed by atoms with E-state index >= 15 is 0 Å². The Morgan fingerprint density at radius 2 is 2.20 bits per heavy atom. The van der Waals surface area contributed by atoms with Gasteiger partial charge in [0.1, 0.15) is 0 Å². The molecule has 2 N–H and O–H groups in total. The number of β-amino-alcohol motifs (C(OH)–C–C–N with tert-alkyl or cyclic N) is 1. The molecule has 0 aromatic carbocycles. The smallest absolute Gasteiger partial charge is 0.243 e. The zero-order chi connectivity index (χ0) is 9.54. The number of aliphatic hydroxyl groups is 1. The van der Waals surface area contributed by atoms with Crippen molar-refractivity contribution >= 4 is 12.4 Å². The van der Waals surface area contributed by atoms with Crippen LogP contribution in [0.1, 0.15) is 42.9 Å². The molecular weight excluding hydrogens is 218 g/mol. The Labute approximate surface area is 93.7 Å². The van der Waals surface area contributed by atoms with Crippen LogP contribution in [0.25, 0.3) is 0 Å². The summed E-state index contributed by atoms with van der Waals surface area (Å²) in [6.07, 6.45) is 2.75. The SMILES string of the molecule is Cl.OC1CNC(c2nc(C3CC3)no2)C1. The lowest BCUT2D eigenvalue weighted by atomic mass is 10.2. The molecule has 2 aliphatic rings. The summed E-state index contributed by atoms with van der Waals surface area (Å²) in [7, 11) is 0. The van der Waals surface area contributed by atoms with Crippen molar-refractivity contribution in [1.82, 2.24) is 15.5 Å². The minimum absolute atomic E-state index is 0. The molecule has 0 bridgehead atoms. The van der Waals surface area contributed by atoms with Crippen LogP contribution in [-0.2, 0) is 0 Å². The molecule has 84 valence electrons. The molecule has 0 radical (unpaired) electrons. The van der Waals surface area contributed by atoms with Gasteiger partial charge in [0.25, 0.3) is 0 Å². The summed E-state index contributed by atoms with van der Waals surface area (Å²) in [6, 6.07) is 0.0463. The zero-order valence-corrected chi connectivity index (χ0v) is 9.04. The van der Waals surface area contributed by atoms with Gasteiger partial charge in [-0.05, 0) is 19.3 Å². The van der Waals surface area contributed by atoms with Gasteiger partial charge in [0, 0.05) is 12.5 Å². The first-order valence-corrected chi connectivity index (χ1v) is 5.08. The standard InChI is InChI=1S/C9H13N3O2.ClH/c13-6-3-7(10-4-6)9-11-8(12-14-9)5-1-2-5;/h5-7,10,13H,1-4H2;1H. The van der Waals surface area contributed by atoms with Gasteiger partial charge >= 0.3 is 0 Å². The third kappa shape index (κ3) is 2.14. The highest BCUT2D eigenvalue weighted by Gasteiger charge is 2.32. The average Bonchev–Trinajstić information content (AvgIpc) is 2.76. The van der Waals surface area contributed by atoms with Gasteiger partial charge < -0.3 is 14.9 Å². The number of hydrogen-bond donors (Lipinski definition) is 2. The molecule has 1 aliphatic heterocycles. The van der Waals surface area contributed by atoms with E-state index < -0.39 is 0 Å². The monoisotopic (exact) mass is 231 g/mol. The predicted molar refractivity (Wildman–Crippen MR) is 54.9 cm³/mol. The fraction of sp³-hybridized carbons (Fsp3) is 0.778. The Hall–Kier alpha value is -0.650. The summed E-state index contributed by atoms with van der Waals surface area (Å²) < 4.78 is 5.16. The molecular formula is C9H14ClN3O2. The molecule has 0 spiro atoms. The number of hydrogen-bond acceptors (Lipinski definition) is 5. The Balaban J connectivity index is 0.000000853. The van der Waals surface area contributed by atoms with Gasteiger partial charge in [-0.15, -0.1) is 12.4 Å². The topological polar surface area (TPSA) is 71.2 Å². The van der Waals surface area contributed by atoms with Gasteiger partial charge in [-0.2, -0.15) is 4.98 Å². The fourth-order valence-corrected chi connectivity index (χ4v) is 1.80. The van der Waals surface area contributed by atoms with E-state index in [1.807, 2.05) is 0 Å². The van der Waals surface area contributed by atoms with E-state index in [0.29, 0.717) is 24.8 Å². The molecule has 2 heterocycles. The minimum Gasteiger partial charge on any atom is -0.392 e. The average molecular weight is 232 g/mol. The lowest BCUT2D eigenvalue weighted by molar-refractivity contribution is 0.191. The fourth-order valence-electron chi connectivity index (χ4n) is 1.80. The van der Waals surface area contributed by atoms with Gasteiger partial charge in [0.2, 0.25) is 5.89 Å². The van der Waals surface area contributed by atoms with Crippen LogP contribution in [0, 0.1) is 0 Å². The van der Waals surface area contributed by atoms with Gasteiger partial charge in [-0.1, -0.05) is 5.16 Å².